The Balaban J connectivity index is 2.48. The molecule has 0 atom stereocenters. The summed E-state index contributed by atoms with van der Waals surface area (Å²) in [5.74, 6) is -0.0587. The monoisotopic (exact) mass is 122 g/mol. The molecular weight excluding hydrogens is 116 g/mol. The van der Waals surface area contributed by atoms with Crippen molar-refractivity contribution in [1.29, 1.82) is 5.26 Å². The second-order valence-electron chi connectivity index (χ2n) is 1.78. The van der Waals surface area contributed by atoms with Crippen LogP contribution >= 0.6 is 0 Å². The minimum atomic E-state index is -0.0587. The summed E-state index contributed by atoms with van der Waals surface area (Å²) in [4.78, 5) is 12.1. The fourth-order valence-corrected chi connectivity index (χ4v) is 0.704. The van der Waals surface area contributed by atoms with Crippen molar-refractivity contribution >= 4 is 5.91 Å². The normalized spacial score (nSPS) is 16.3. The predicted molar refractivity (Wildman–Crippen MR) is 31.3 cm³/mol. The number of amides is 1. The standard InChI is InChI=1S/C6H6N2O/c7-3-5-8-4-1-2-6(8)9/h1-2H,4-5H2. The molecule has 0 N–H and O–H groups in total. The Morgan fingerprint density at radius 2 is 2.67 bits per heavy atom. The third-order valence-electron chi connectivity index (χ3n) is 1.16. The van der Waals surface area contributed by atoms with Gasteiger partial charge in [0.05, 0.1) is 6.07 Å². The third-order valence-corrected chi connectivity index (χ3v) is 1.16. The Morgan fingerprint density at radius 1 is 1.89 bits per heavy atom. The van der Waals surface area contributed by atoms with Crippen LogP contribution in [0.25, 0.3) is 0 Å². The zero-order chi connectivity index (χ0) is 6.69. The lowest BCUT2D eigenvalue weighted by atomic mass is 10.5. The molecule has 0 aliphatic carbocycles. The van der Waals surface area contributed by atoms with E-state index in [0.29, 0.717) is 6.54 Å². The Bertz CT molecular complexity index is 190. The summed E-state index contributed by atoms with van der Waals surface area (Å²) < 4.78 is 0. The van der Waals surface area contributed by atoms with Crippen LogP contribution in [0, 0.1) is 11.3 Å². The summed E-state index contributed by atoms with van der Waals surface area (Å²) in [5, 5.41) is 8.17. The molecule has 1 heterocycles. The number of rotatable bonds is 1. The van der Waals surface area contributed by atoms with E-state index >= 15 is 0 Å². The predicted octanol–water partition coefficient (Wildman–Crippen LogP) is -0.0916. The molecule has 0 aromatic rings. The molecular formula is C6H6N2O. The maximum absolute atomic E-state index is 10.7. The van der Waals surface area contributed by atoms with Gasteiger partial charge in [-0.25, -0.2) is 0 Å². The van der Waals surface area contributed by atoms with Crippen molar-refractivity contribution in [1.82, 2.24) is 4.90 Å². The molecule has 0 fully saturated rings. The Kier molecular flexibility index (Phi) is 1.50. The van der Waals surface area contributed by atoms with E-state index in [2.05, 4.69) is 0 Å². The van der Waals surface area contributed by atoms with E-state index in [1.807, 2.05) is 6.07 Å². The maximum Gasteiger partial charge on any atom is 0.247 e. The SMILES string of the molecule is N#CCN1CC=CC1=O. The van der Waals surface area contributed by atoms with Crippen molar-refractivity contribution < 1.29 is 4.79 Å². The number of carbonyl (C=O) groups excluding carboxylic acids is 1. The van der Waals surface area contributed by atoms with Crippen LogP contribution in [0.4, 0.5) is 0 Å². The van der Waals surface area contributed by atoms with Gasteiger partial charge in [-0.3, -0.25) is 4.79 Å². The molecule has 46 valence electrons. The van der Waals surface area contributed by atoms with Gasteiger partial charge in [-0.15, -0.1) is 0 Å². The van der Waals surface area contributed by atoms with E-state index in [4.69, 9.17) is 5.26 Å². The van der Waals surface area contributed by atoms with Crippen LogP contribution in [-0.2, 0) is 4.79 Å². The summed E-state index contributed by atoms with van der Waals surface area (Å²) in [6, 6.07) is 1.91. The van der Waals surface area contributed by atoms with E-state index in [1.54, 1.807) is 6.08 Å². The first-order chi connectivity index (χ1) is 4.34. The first-order valence-corrected chi connectivity index (χ1v) is 2.67. The minimum Gasteiger partial charge on any atom is -0.322 e. The highest BCUT2D eigenvalue weighted by Gasteiger charge is 2.12. The molecule has 1 rings (SSSR count). The van der Waals surface area contributed by atoms with Crippen LogP contribution in [-0.4, -0.2) is 23.9 Å². The van der Waals surface area contributed by atoms with Gasteiger partial charge >= 0.3 is 0 Å². The quantitative estimate of drug-likeness (QED) is 0.456. The summed E-state index contributed by atoms with van der Waals surface area (Å²) in [7, 11) is 0. The van der Waals surface area contributed by atoms with Crippen molar-refractivity contribution in [2.75, 3.05) is 13.1 Å². The molecule has 0 unspecified atom stereocenters. The lowest BCUT2D eigenvalue weighted by Gasteiger charge is -2.08. The minimum absolute atomic E-state index is 0.0587. The average Bonchev–Trinajstić information content (AvgIpc) is 2.18. The molecule has 0 aromatic heterocycles. The largest absolute Gasteiger partial charge is 0.322 e. The third kappa shape index (κ3) is 1.08. The second-order valence-corrected chi connectivity index (χ2v) is 1.78. The average molecular weight is 122 g/mol. The number of carbonyl (C=O) groups is 1. The highest BCUT2D eigenvalue weighted by atomic mass is 16.2. The van der Waals surface area contributed by atoms with E-state index in [9.17, 15) is 4.79 Å². The molecule has 0 saturated heterocycles. The van der Waals surface area contributed by atoms with Crippen LogP contribution in [0.3, 0.4) is 0 Å². The number of hydrogen-bond acceptors (Lipinski definition) is 2. The van der Waals surface area contributed by atoms with Crippen molar-refractivity contribution in [3.05, 3.63) is 12.2 Å². The van der Waals surface area contributed by atoms with Gasteiger partial charge < -0.3 is 4.90 Å². The van der Waals surface area contributed by atoms with E-state index < -0.39 is 0 Å². The van der Waals surface area contributed by atoms with Gasteiger partial charge in [0.15, 0.2) is 0 Å². The molecule has 9 heavy (non-hydrogen) atoms. The zero-order valence-corrected chi connectivity index (χ0v) is 4.87. The van der Waals surface area contributed by atoms with E-state index in [1.165, 1.54) is 11.0 Å². The second kappa shape index (κ2) is 2.31. The van der Waals surface area contributed by atoms with Crippen molar-refractivity contribution in [3.8, 4) is 6.07 Å². The fraction of sp³-hybridized carbons (Fsp3) is 0.333. The van der Waals surface area contributed by atoms with E-state index in [0.717, 1.165) is 0 Å². The van der Waals surface area contributed by atoms with Crippen LogP contribution in [0.2, 0.25) is 0 Å². The van der Waals surface area contributed by atoms with Crippen LogP contribution in [0.15, 0.2) is 12.2 Å². The molecule has 3 nitrogen and oxygen atoms in total. The van der Waals surface area contributed by atoms with Crippen molar-refractivity contribution in [2.45, 2.75) is 0 Å². The molecule has 3 heteroatoms. The smallest absolute Gasteiger partial charge is 0.247 e. The Hall–Kier alpha value is -1.30. The summed E-state index contributed by atoms with van der Waals surface area (Å²) in [5.41, 5.74) is 0. The molecule has 0 saturated carbocycles. The maximum atomic E-state index is 10.7. The van der Waals surface area contributed by atoms with Gasteiger partial charge in [0.2, 0.25) is 5.91 Å². The Labute approximate surface area is 53.2 Å². The molecule has 0 radical (unpaired) electrons. The lowest BCUT2D eigenvalue weighted by molar-refractivity contribution is -0.123. The number of nitrogens with zero attached hydrogens (tertiary/aromatic N) is 2. The van der Waals surface area contributed by atoms with Crippen LogP contribution in [0.1, 0.15) is 0 Å². The number of nitriles is 1. The molecule has 0 spiro atoms. The summed E-state index contributed by atoms with van der Waals surface area (Å²) in [6.07, 6.45) is 3.23. The van der Waals surface area contributed by atoms with Crippen molar-refractivity contribution in [3.63, 3.8) is 0 Å². The first kappa shape index (κ1) is 5.83. The van der Waals surface area contributed by atoms with E-state index in [-0.39, 0.29) is 12.5 Å². The topological polar surface area (TPSA) is 44.1 Å². The van der Waals surface area contributed by atoms with Gasteiger partial charge in [0.1, 0.15) is 6.54 Å². The van der Waals surface area contributed by atoms with Gasteiger partial charge in [0, 0.05) is 12.6 Å². The number of hydrogen-bond donors (Lipinski definition) is 0. The first-order valence-electron chi connectivity index (χ1n) is 2.67. The molecule has 0 bridgehead atoms. The highest BCUT2D eigenvalue weighted by Crippen LogP contribution is 1.98. The van der Waals surface area contributed by atoms with Gasteiger partial charge in [-0.2, -0.15) is 5.26 Å². The summed E-state index contributed by atoms with van der Waals surface area (Å²) >= 11 is 0. The summed E-state index contributed by atoms with van der Waals surface area (Å²) in [6.45, 7) is 0.790. The van der Waals surface area contributed by atoms with Gasteiger partial charge in [0.25, 0.3) is 0 Å². The molecule has 1 aliphatic rings. The van der Waals surface area contributed by atoms with Crippen LogP contribution in [0.5, 0.6) is 0 Å². The van der Waals surface area contributed by atoms with Gasteiger partial charge in [-0.1, -0.05) is 6.08 Å². The Morgan fingerprint density at radius 3 is 3.11 bits per heavy atom. The lowest BCUT2D eigenvalue weighted by Crippen LogP contribution is -2.25. The van der Waals surface area contributed by atoms with Crippen LogP contribution < -0.4 is 0 Å². The molecule has 1 aliphatic heterocycles. The van der Waals surface area contributed by atoms with Gasteiger partial charge in [-0.05, 0) is 0 Å². The molecule has 0 aromatic carbocycles. The van der Waals surface area contributed by atoms with Crippen molar-refractivity contribution in [2.24, 2.45) is 0 Å². The fourth-order valence-electron chi connectivity index (χ4n) is 0.704. The zero-order valence-electron chi connectivity index (χ0n) is 4.87. The molecule has 1 amide bonds. The highest BCUT2D eigenvalue weighted by molar-refractivity contribution is 5.90.